The molecule has 0 saturated carbocycles. The van der Waals surface area contributed by atoms with E-state index in [0.717, 1.165) is 11.8 Å². The smallest absolute Gasteiger partial charge is 0.324 e. The Morgan fingerprint density at radius 1 is 1.02 bits per heavy atom. The Kier molecular flexibility index (Phi) is 11.2. The van der Waals surface area contributed by atoms with Crippen LogP contribution in [0.4, 0.5) is 21.9 Å². The number of nitro groups is 1. The number of carbonyl (C=O) groups excluding carboxylic acids is 2. The Bertz CT molecular complexity index is 1540. The lowest BCUT2D eigenvalue weighted by atomic mass is 10.1. The third-order valence-electron chi connectivity index (χ3n) is 5.79. The van der Waals surface area contributed by atoms with Gasteiger partial charge >= 0.3 is 6.03 Å². The van der Waals surface area contributed by atoms with Crippen molar-refractivity contribution in [3.05, 3.63) is 98.8 Å². The second-order valence-electron chi connectivity index (χ2n) is 8.64. The SMILES string of the molecule is COc1cccc(NC(=O)NC(=Cc2ccc(N(CCC#N)CCC#N)cc2)NC(=O)c2cc([N+](=O)[O-])ccc2Cl)c1. The van der Waals surface area contributed by atoms with Gasteiger partial charge in [-0.15, -0.1) is 0 Å². The molecule has 3 amide bonds. The first-order valence-electron chi connectivity index (χ1n) is 12.5. The summed E-state index contributed by atoms with van der Waals surface area (Å²) in [6.45, 7) is 0.898. The van der Waals surface area contributed by atoms with Crippen LogP contribution in [0.3, 0.4) is 0 Å². The second kappa shape index (κ2) is 15.3. The normalized spacial score (nSPS) is 10.5. The van der Waals surface area contributed by atoms with E-state index in [1.807, 2.05) is 4.90 Å². The van der Waals surface area contributed by atoms with E-state index in [2.05, 4.69) is 28.1 Å². The van der Waals surface area contributed by atoms with E-state index < -0.39 is 16.9 Å². The van der Waals surface area contributed by atoms with Crippen molar-refractivity contribution in [2.24, 2.45) is 0 Å². The van der Waals surface area contributed by atoms with Gasteiger partial charge in [-0.2, -0.15) is 10.5 Å². The summed E-state index contributed by atoms with van der Waals surface area (Å²) in [6, 6.07) is 20.6. The first-order valence-corrected chi connectivity index (χ1v) is 12.9. The number of methoxy groups -OCH3 is 1. The highest BCUT2D eigenvalue weighted by Crippen LogP contribution is 2.23. The summed E-state index contributed by atoms with van der Waals surface area (Å²) in [5.41, 5.74) is 1.31. The standard InChI is InChI=1S/C29H26ClN7O5/c1-42-24-6-2-5-21(18-24)33-29(39)35-27(34-28(38)25-19-23(37(40)41)11-12-26(25)30)17-20-7-9-22(10-8-20)36(15-3-13-31)16-4-14-32/h2,5-12,17-19H,3-4,15-16H2,1H3,(H,34,38)(H2,33,35,39). The van der Waals surface area contributed by atoms with Gasteiger partial charge in [-0.1, -0.05) is 29.8 Å². The Morgan fingerprint density at radius 3 is 2.33 bits per heavy atom. The average molecular weight is 588 g/mol. The number of ether oxygens (including phenoxy) is 1. The van der Waals surface area contributed by atoms with Gasteiger partial charge in [0.2, 0.25) is 0 Å². The Morgan fingerprint density at radius 2 is 1.71 bits per heavy atom. The summed E-state index contributed by atoms with van der Waals surface area (Å²) in [6.07, 6.45) is 2.07. The van der Waals surface area contributed by atoms with Crippen LogP contribution >= 0.6 is 11.6 Å². The van der Waals surface area contributed by atoms with E-state index in [1.165, 1.54) is 25.3 Å². The van der Waals surface area contributed by atoms with Gasteiger partial charge in [0, 0.05) is 42.7 Å². The molecule has 0 saturated heterocycles. The largest absolute Gasteiger partial charge is 0.497 e. The number of benzene rings is 3. The molecular weight excluding hydrogens is 562 g/mol. The van der Waals surface area contributed by atoms with Crippen molar-refractivity contribution in [3.8, 4) is 17.9 Å². The van der Waals surface area contributed by atoms with E-state index in [0.29, 0.717) is 30.1 Å². The molecule has 3 rings (SSSR count). The summed E-state index contributed by atoms with van der Waals surface area (Å²) in [5.74, 6) is -0.301. The van der Waals surface area contributed by atoms with Crippen LogP contribution in [-0.4, -0.2) is 37.1 Å². The first-order chi connectivity index (χ1) is 20.2. The summed E-state index contributed by atoms with van der Waals surface area (Å²) in [4.78, 5) is 38.4. The Labute approximate surface area is 246 Å². The maximum Gasteiger partial charge on any atom is 0.324 e. The molecule has 3 aromatic carbocycles. The maximum atomic E-state index is 13.1. The number of carbonyl (C=O) groups is 2. The molecule has 0 fully saturated rings. The van der Waals surface area contributed by atoms with Gasteiger partial charge < -0.3 is 20.3 Å². The molecule has 13 heteroatoms. The predicted octanol–water partition coefficient (Wildman–Crippen LogP) is 5.44. The quantitative estimate of drug-likeness (QED) is 0.185. The molecule has 0 aromatic heterocycles. The number of nitrogens with one attached hydrogen (secondary N) is 3. The maximum absolute atomic E-state index is 13.1. The fourth-order valence-corrected chi connectivity index (χ4v) is 3.97. The van der Waals surface area contributed by atoms with Crippen LogP contribution in [0.1, 0.15) is 28.8 Å². The zero-order valence-corrected chi connectivity index (χ0v) is 23.2. The molecule has 42 heavy (non-hydrogen) atoms. The minimum Gasteiger partial charge on any atom is -0.497 e. The van der Waals surface area contributed by atoms with Crippen molar-refractivity contribution in [1.29, 1.82) is 10.5 Å². The molecule has 0 heterocycles. The molecule has 0 spiro atoms. The molecule has 214 valence electrons. The molecule has 0 atom stereocenters. The molecule has 0 aliphatic carbocycles. The van der Waals surface area contributed by atoms with Crippen molar-refractivity contribution in [3.63, 3.8) is 0 Å². The number of anilines is 2. The Hall–Kier alpha value is -5.59. The van der Waals surface area contributed by atoms with Crippen molar-refractivity contribution in [2.75, 3.05) is 30.4 Å². The minimum absolute atomic E-state index is 0.0162. The number of nitrogens with zero attached hydrogens (tertiary/aromatic N) is 4. The highest BCUT2D eigenvalue weighted by Gasteiger charge is 2.18. The number of hydrogen-bond acceptors (Lipinski definition) is 8. The minimum atomic E-state index is -0.785. The molecule has 0 aliphatic heterocycles. The van der Waals surface area contributed by atoms with E-state index in [9.17, 15) is 19.7 Å². The molecule has 0 aliphatic rings. The number of urea groups is 1. The predicted molar refractivity (Wildman–Crippen MR) is 158 cm³/mol. The molecule has 3 N–H and O–H groups in total. The van der Waals surface area contributed by atoms with Crippen molar-refractivity contribution < 1.29 is 19.2 Å². The molecule has 0 unspecified atom stereocenters. The molecule has 3 aromatic rings. The number of hydrogen-bond donors (Lipinski definition) is 3. The fourth-order valence-electron chi connectivity index (χ4n) is 3.77. The third kappa shape index (κ3) is 8.98. The number of non-ortho nitro benzene ring substituents is 1. The number of halogens is 1. The van der Waals surface area contributed by atoms with E-state index in [4.69, 9.17) is 26.9 Å². The topological polar surface area (TPSA) is 173 Å². The number of rotatable bonds is 12. The zero-order chi connectivity index (χ0) is 30.5. The summed E-state index contributed by atoms with van der Waals surface area (Å²) >= 11 is 6.14. The van der Waals surface area contributed by atoms with Gasteiger partial charge in [0.15, 0.2) is 0 Å². The van der Waals surface area contributed by atoms with Gasteiger partial charge in [0.1, 0.15) is 11.6 Å². The monoisotopic (exact) mass is 587 g/mol. The molecule has 0 bridgehead atoms. The van der Waals surface area contributed by atoms with Crippen molar-refractivity contribution >= 4 is 46.7 Å². The first kappa shape index (κ1) is 30.9. The summed E-state index contributed by atoms with van der Waals surface area (Å²) in [5, 5.41) is 36.9. The number of nitro benzene ring substituents is 1. The van der Waals surface area contributed by atoms with Gasteiger partial charge in [0.05, 0.1) is 47.6 Å². The molecule has 0 radical (unpaired) electrons. The van der Waals surface area contributed by atoms with Gasteiger partial charge in [-0.25, -0.2) is 4.79 Å². The van der Waals surface area contributed by atoms with Crippen LogP contribution in [0, 0.1) is 32.8 Å². The number of nitriles is 2. The lowest BCUT2D eigenvalue weighted by Crippen LogP contribution is -2.37. The zero-order valence-electron chi connectivity index (χ0n) is 22.5. The van der Waals surface area contributed by atoms with Crippen LogP contribution in [0.15, 0.2) is 72.6 Å². The highest BCUT2D eigenvalue weighted by atomic mass is 35.5. The second-order valence-corrected chi connectivity index (χ2v) is 9.05. The lowest BCUT2D eigenvalue weighted by Gasteiger charge is -2.22. The van der Waals surface area contributed by atoms with E-state index in [-0.39, 0.29) is 34.9 Å². The third-order valence-corrected chi connectivity index (χ3v) is 6.12. The molecule has 12 nitrogen and oxygen atoms in total. The van der Waals surface area contributed by atoms with Crippen LogP contribution in [0.25, 0.3) is 6.08 Å². The van der Waals surface area contributed by atoms with Crippen LogP contribution in [-0.2, 0) is 0 Å². The number of amides is 3. The van der Waals surface area contributed by atoms with Crippen LogP contribution in [0.2, 0.25) is 5.02 Å². The Balaban J connectivity index is 1.89. The summed E-state index contributed by atoms with van der Waals surface area (Å²) < 4.78 is 5.17. The molecular formula is C29H26ClN7O5. The van der Waals surface area contributed by atoms with Crippen LogP contribution < -0.4 is 25.6 Å². The lowest BCUT2D eigenvalue weighted by molar-refractivity contribution is -0.384. The highest BCUT2D eigenvalue weighted by molar-refractivity contribution is 6.34. The van der Waals surface area contributed by atoms with Gasteiger partial charge in [-0.3, -0.25) is 20.2 Å². The van der Waals surface area contributed by atoms with Crippen molar-refractivity contribution in [1.82, 2.24) is 10.6 Å². The van der Waals surface area contributed by atoms with Crippen molar-refractivity contribution in [2.45, 2.75) is 12.8 Å². The fraction of sp³-hybridized carbons (Fsp3) is 0.172. The van der Waals surface area contributed by atoms with Crippen LogP contribution in [0.5, 0.6) is 5.75 Å². The van der Waals surface area contributed by atoms with Gasteiger partial charge in [-0.05, 0) is 42.0 Å². The van der Waals surface area contributed by atoms with E-state index in [1.54, 1.807) is 48.5 Å². The summed E-state index contributed by atoms with van der Waals surface area (Å²) in [7, 11) is 1.49. The average Bonchev–Trinajstić information content (AvgIpc) is 2.97. The van der Waals surface area contributed by atoms with Gasteiger partial charge in [0.25, 0.3) is 11.6 Å². The van der Waals surface area contributed by atoms with E-state index >= 15 is 0 Å².